The summed E-state index contributed by atoms with van der Waals surface area (Å²) in [5.74, 6) is 3.15. The maximum Gasteiger partial charge on any atom is 0.302 e. The molecule has 0 saturated heterocycles. The average Bonchev–Trinajstić information content (AvgIpc) is 2.83. The minimum absolute atomic E-state index is 0.0998. The Bertz CT molecular complexity index is 532. The van der Waals surface area contributed by atoms with Gasteiger partial charge in [0.2, 0.25) is 0 Å². The average molecular weight is 300 g/mol. The second-order valence-corrected chi connectivity index (χ2v) is 8.18. The molecule has 4 aliphatic carbocycles. The van der Waals surface area contributed by atoms with Crippen molar-refractivity contribution >= 4 is 5.97 Å². The lowest BCUT2D eigenvalue weighted by Gasteiger charge is -2.52. The molecule has 0 aromatic rings. The van der Waals surface area contributed by atoms with Gasteiger partial charge in [-0.25, -0.2) is 0 Å². The molecule has 0 N–H and O–H groups in total. The highest BCUT2D eigenvalue weighted by Crippen LogP contribution is 2.61. The number of hydrogen-bond donors (Lipinski definition) is 0. The van der Waals surface area contributed by atoms with Gasteiger partial charge in [0, 0.05) is 12.3 Å². The number of carbonyl (C=O) groups is 1. The van der Waals surface area contributed by atoms with E-state index in [9.17, 15) is 4.79 Å². The van der Waals surface area contributed by atoms with Crippen molar-refractivity contribution in [3.63, 3.8) is 0 Å². The molecule has 0 radical (unpaired) electrons. The van der Waals surface area contributed by atoms with Crippen LogP contribution in [0.1, 0.15) is 58.8 Å². The third-order valence-corrected chi connectivity index (χ3v) is 7.24. The number of fused-ring (bicyclic) bond motifs is 5. The summed E-state index contributed by atoms with van der Waals surface area (Å²) in [5.41, 5.74) is 1.84. The zero-order chi connectivity index (χ0) is 15.3. The first-order valence-corrected chi connectivity index (χ1v) is 9.13. The van der Waals surface area contributed by atoms with Crippen LogP contribution in [0.25, 0.3) is 0 Å². The quantitative estimate of drug-likeness (QED) is 0.658. The molecule has 0 aliphatic heterocycles. The summed E-state index contributed by atoms with van der Waals surface area (Å²) in [5, 5.41) is 0. The van der Waals surface area contributed by atoms with Gasteiger partial charge in [-0.2, -0.15) is 0 Å². The van der Waals surface area contributed by atoms with Crippen molar-refractivity contribution in [2.24, 2.45) is 29.1 Å². The Morgan fingerprint density at radius 1 is 1.23 bits per heavy atom. The summed E-state index contributed by atoms with van der Waals surface area (Å²) in [7, 11) is 0. The van der Waals surface area contributed by atoms with Crippen LogP contribution >= 0.6 is 0 Å². The Morgan fingerprint density at radius 2 is 2.09 bits per heavy atom. The molecule has 2 heteroatoms. The molecule has 0 aromatic heterocycles. The monoisotopic (exact) mass is 300 g/mol. The normalized spacial score (nSPS) is 46.3. The Morgan fingerprint density at radius 3 is 2.91 bits per heavy atom. The van der Waals surface area contributed by atoms with Crippen molar-refractivity contribution in [2.45, 2.75) is 64.9 Å². The fourth-order valence-electron chi connectivity index (χ4n) is 6.24. The van der Waals surface area contributed by atoms with E-state index in [4.69, 9.17) is 4.74 Å². The summed E-state index contributed by atoms with van der Waals surface area (Å²) in [4.78, 5) is 11.4. The predicted octanol–water partition coefficient (Wildman–Crippen LogP) is 4.66. The number of hydrogen-bond acceptors (Lipinski definition) is 2. The van der Waals surface area contributed by atoms with Gasteiger partial charge in [0.15, 0.2) is 0 Å². The SMILES string of the molecule is CC(=O)OC1CC[C@H]2[C@@H]3CC=C4C=CCC[C@@H]4[C@H]3CC[C@]12C. The molecular weight excluding hydrogens is 272 g/mol. The first-order valence-electron chi connectivity index (χ1n) is 9.13. The summed E-state index contributed by atoms with van der Waals surface area (Å²) in [6.45, 7) is 3.96. The molecule has 0 heterocycles. The predicted molar refractivity (Wildman–Crippen MR) is 87.2 cm³/mol. The van der Waals surface area contributed by atoms with Crippen molar-refractivity contribution in [1.82, 2.24) is 0 Å². The van der Waals surface area contributed by atoms with Crippen LogP contribution in [0.15, 0.2) is 23.8 Å². The summed E-state index contributed by atoms with van der Waals surface area (Å²) in [6.07, 6.45) is 16.1. The van der Waals surface area contributed by atoms with Crippen molar-refractivity contribution < 1.29 is 9.53 Å². The highest BCUT2D eigenvalue weighted by atomic mass is 16.5. The minimum atomic E-state index is -0.0998. The third kappa shape index (κ3) is 2.10. The van der Waals surface area contributed by atoms with Crippen LogP contribution in [-0.4, -0.2) is 12.1 Å². The first-order chi connectivity index (χ1) is 10.6. The van der Waals surface area contributed by atoms with E-state index in [1.165, 1.54) is 38.5 Å². The molecule has 4 aliphatic rings. The lowest BCUT2D eigenvalue weighted by atomic mass is 9.53. The van der Waals surface area contributed by atoms with Crippen molar-refractivity contribution in [3.05, 3.63) is 23.8 Å². The van der Waals surface area contributed by atoms with E-state index in [-0.39, 0.29) is 17.5 Å². The van der Waals surface area contributed by atoms with E-state index in [0.717, 1.165) is 30.1 Å². The molecule has 0 amide bonds. The Hall–Kier alpha value is -1.05. The number of rotatable bonds is 1. The van der Waals surface area contributed by atoms with Gasteiger partial charge in [-0.1, -0.05) is 25.2 Å². The molecule has 0 spiro atoms. The number of ether oxygens (including phenoxy) is 1. The van der Waals surface area contributed by atoms with Gasteiger partial charge in [-0.05, 0) is 74.2 Å². The third-order valence-electron chi connectivity index (χ3n) is 7.24. The Balaban J connectivity index is 1.60. The molecule has 22 heavy (non-hydrogen) atoms. The van der Waals surface area contributed by atoms with Crippen molar-refractivity contribution in [3.8, 4) is 0 Å². The van der Waals surface area contributed by atoms with Crippen molar-refractivity contribution in [1.29, 1.82) is 0 Å². The zero-order valence-electron chi connectivity index (χ0n) is 13.9. The largest absolute Gasteiger partial charge is 0.462 e. The van der Waals surface area contributed by atoms with Gasteiger partial charge in [0.25, 0.3) is 0 Å². The summed E-state index contributed by atoms with van der Waals surface area (Å²) >= 11 is 0. The molecule has 0 aromatic carbocycles. The van der Waals surface area contributed by atoms with Gasteiger partial charge in [-0.15, -0.1) is 0 Å². The fourth-order valence-corrected chi connectivity index (χ4v) is 6.24. The molecule has 0 bridgehead atoms. The van der Waals surface area contributed by atoms with Gasteiger partial charge in [0.05, 0.1) is 0 Å². The zero-order valence-corrected chi connectivity index (χ0v) is 13.9. The Kier molecular flexibility index (Phi) is 3.47. The second kappa shape index (κ2) is 5.25. The minimum Gasteiger partial charge on any atom is -0.462 e. The molecule has 2 fully saturated rings. The van der Waals surface area contributed by atoms with Gasteiger partial charge >= 0.3 is 5.97 Å². The van der Waals surface area contributed by atoms with E-state index in [2.05, 4.69) is 25.2 Å². The van der Waals surface area contributed by atoms with Gasteiger partial charge in [-0.3, -0.25) is 4.79 Å². The maximum absolute atomic E-state index is 11.4. The second-order valence-electron chi connectivity index (χ2n) is 8.18. The topological polar surface area (TPSA) is 26.3 Å². The molecule has 120 valence electrons. The highest BCUT2D eigenvalue weighted by Gasteiger charge is 2.56. The number of carbonyl (C=O) groups excluding carboxylic acids is 1. The summed E-state index contributed by atoms with van der Waals surface area (Å²) < 4.78 is 5.70. The standard InChI is InChI=1S/C20H28O2/c1-13(21)22-19-10-9-18-17-8-7-14-5-3-4-6-15(14)16(17)11-12-20(18,19)2/h3,5,7,15-19H,4,6,8-12H2,1-2H3/t15-,16+,17+,18-,19?,20-/m0/s1. The van der Waals surface area contributed by atoms with Crippen LogP contribution in [0.2, 0.25) is 0 Å². The van der Waals surface area contributed by atoms with Crippen LogP contribution in [0.5, 0.6) is 0 Å². The molecule has 2 nitrogen and oxygen atoms in total. The van der Waals surface area contributed by atoms with Crippen molar-refractivity contribution in [2.75, 3.05) is 0 Å². The molecule has 1 unspecified atom stereocenters. The van der Waals surface area contributed by atoms with Gasteiger partial charge in [0.1, 0.15) is 6.10 Å². The van der Waals surface area contributed by atoms with E-state index < -0.39 is 0 Å². The fraction of sp³-hybridized carbons (Fsp3) is 0.750. The smallest absolute Gasteiger partial charge is 0.302 e. The highest BCUT2D eigenvalue weighted by molar-refractivity contribution is 5.66. The number of esters is 1. The lowest BCUT2D eigenvalue weighted by Crippen LogP contribution is -2.47. The van der Waals surface area contributed by atoms with Crippen LogP contribution in [0.3, 0.4) is 0 Å². The van der Waals surface area contributed by atoms with E-state index in [1.54, 1.807) is 12.5 Å². The van der Waals surface area contributed by atoms with Crippen LogP contribution in [0, 0.1) is 29.1 Å². The van der Waals surface area contributed by atoms with E-state index in [0.29, 0.717) is 0 Å². The molecule has 4 rings (SSSR count). The molecule has 2 saturated carbocycles. The summed E-state index contributed by atoms with van der Waals surface area (Å²) in [6, 6.07) is 0. The molecule has 6 atom stereocenters. The Labute approximate surface area is 134 Å². The van der Waals surface area contributed by atoms with Crippen LogP contribution in [0.4, 0.5) is 0 Å². The van der Waals surface area contributed by atoms with Crippen LogP contribution < -0.4 is 0 Å². The first kappa shape index (κ1) is 14.5. The lowest BCUT2D eigenvalue weighted by molar-refractivity contribution is -0.155. The van der Waals surface area contributed by atoms with E-state index >= 15 is 0 Å². The number of allylic oxidation sites excluding steroid dienone is 4. The maximum atomic E-state index is 11.4. The van der Waals surface area contributed by atoms with Crippen LogP contribution in [-0.2, 0) is 9.53 Å². The van der Waals surface area contributed by atoms with E-state index in [1.807, 2.05) is 0 Å². The molecular formula is C20H28O2. The van der Waals surface area contributed by atoms with Gasteiger partial charge < -0.3 is 4.74 Å².